The fraction of sp³-hybridized carbons (Fsp3) is 0.778. The maximum atomic E-state index is 11.7. The molecule has 0 fully saturated rings. The zero-order valence-electron chi connectivity index (χ0n) is 10.3. The number of hydrazone groups is 1. The van der Waals surface area contributed by atoms with E-state index in [4.69, 9.17) is 0 Å². The summed E-state index contributed by atoms with van der Waals surface area (Å²) < 4.78 is 26.5. The third-order valence-corrected chi connectivity index (χ3v) is 2.47. The second kappa shape index (κ2) is 4.91. The number of amides is 2. The standard InChI is InChI=1S/C9H17N3O4S/c1-6(2)10-9(13)12-7(3)5-8(11-12)16-17(4,14)15/h6-7H,5H2,1-4H3,(H,10,13). The maximum Gasteiger partial charge on any atom is 0.338 e. The van der Waals surface area contributed by atoms with Crippen molar-refractivity contribution in [3.8, 4) is 0 Å². The molecule has 2 amide bonds. The van der Waals surface area contributed by atoms with Crippen molar-refractivity contribution in [2.24, 2.45) is 5.10 Å². The van der Waals surface area contributed by atoms with E-state index in [-0.39, 0.29) is 24.0 Å². The Balaban J connectivity index is 2.72. The van der Waals surface area contributed by atoms with Crippen molar-refractivity contribution < 1.29 is 17.4 Å². The van der Waals surface area contributed by atoms with Gasteiger partial charge in [-0.1, -0.05) is 0 Å². The lowest BCUT2D eigenvalue weighted by Crippen LogP contribution is -2.42. The number of rotatable bonds is 2. The van der Waals surface area contributed by atoms with Crippen LogP contribution in [0.4, 0.5) is 4.79 Å². The van der Waals surface area contributed by atoms with Gasteiger partial charge in [-0.25, -0.2) is 9.80 Å². The van der Waals surface area contributed by atoms with E-state index in [1.54, 1.807) is 6.92 Å². The zero-order valence-corrected chi connectivity index (χ0v) is 11.1. The molecular weight excluding hydrogens is 246 g/mol. The SMILES string of the molecule is CC(C)NC(=O)N1N=C(OS(C)(=O)=O)CC1C. The molecule has 1 rings (SSSR count). The summed E-state index contributed by atoms with van der Waals surface area (Å²) in [4.78, 5) is 11.7. The second-order valence-corrected chi connectivity index (χ2v) is 5.86. The molecule has 1 N–H and O–H groups in total. The highest BCUT2D eigenvalue weighted by Gasteiger charge is 2.30. The number of hydrogen-bond acceptors (Lipinski definition) is 5. The van der Waals surface area contributed by atoms with Gasteiger partial charge in [0.2, 0.25) is 5.90 Å². The molecule has 0 spiro atoms. The molecule has 7 nitrogen and oxygen atoms in total. The van der Waals surface area contributed by atoms with Crippen LogP contribution in [0.25, 0.3) is 0 Å². The van der Waals surface area contributed by atoms with Crippen LogP contribution in [0.15, 0.2) is 5.10 Å². The van der Waals surface area contributed by atoms with Crippen LogP contribution in [0.5, 0.6) is 0 Å². The molecule has 17 heavy (non-hydrogen) atoms. The summed E-state index contributed by atoms with van der Waals surface area (Å²) in [5.41, 5.74) is 0. The Hall–Kier alpha value is -1.31. The molecular formula is C9H17N3O4S. The van der Waals surface area contributed by atoms with Gasteiger partial charge in [0.1, 0.15) is 0 Å². The lowest BCUT2D eigenvalue weighted by Gasteiger charge is -2.19. The molecule has 1 aliphatic rings. The summed E-state index contributed by atoms with van der Waals surface area (Å²) in [6, 6.07) is -0.588. The molecule has 0 saturated heterocycles. The van der Waals surface area contributed by atoms with E-state index < -0.39 is 10.1 Å². The summed E-state index contributed by atoms with van der Waals surface area (Å²) in [6.45, 7) is 5.43. The summed E-state index contributed by atoms with van der Waals surface area (Å²) in [6.07, 6.45) is 1.23. The van der Waals surface area contributed by atoms with E-state index in [0.717, 1.165) is 6.26 Å². The van der Waals surface area contributed by atoms with Gasteiger partial charge < -0.3 is 9.50 Å². The number of nitrogens with one attached hydrogen (secondary N) is 1. The zero-order chi connectivity index (χ0) is 13.2. The van der Waals surface area contributed by atoms with Crippen LogP contribution in [-0.4, -0.2) is 43.7 Å². The van der Waals surface area contributed by atoms with Crippen LogP contribution < -0.4 is 5.32 Å². The number of carbonyl (C=O) groups is 1. The van der Waals surface area contributed by atoms with Gasteiger partial charge in [-0.05, 0) is 20.8 Å². The highest BCUT2D eigenvalue weighted by atomic mass is 32.2. The Morgan fingerprint density at radius 3 is 2.65 bits per heavy atom. The summed E-state index contributed by atoms with van der Waals surface area (Å²) in [7, 11) is -3.59. The predicted octanol–water partition coefficient (Wildman–Crippen LogP) is 0.488. The van der Waals surface area contributed by atoms with Crippen LogP contribution in [0.3, 0.4) is 0 Å². The maximum absolute atomic E-state index is 11.7. The molecule has 0 aromatic heterocycles. The summed E-state index contributed by atoms with van der Waals surface area (Å²) >= 11 is 0. The van der Waals surface area contributed by atoms with E-state index in [9.17, 15) is 13.2 Å². The Kier molecular flexibility index (Phi) is 3.97. The third-order valence-electron chi connectivity index (χ3n) is 1.97. The highest BCUT2D eigenvalue weighted by Crippen LogP contribution is 2.16. The lowest BCUT2D eigenvalue weighted by atomic mass is 10.2. The number of urea groups is 1. The molecule has 0 radical (unpaired) electrons. The Morgan fingerprint density at radius 1 is 1.59 bits per heavy atom. The molecule has 0 aromatic carbocycles. The quantitative estimate of drug-likeness (QED) is 0.734. The van der Waals surface area contributed by atoms with Gasteiger partial charge in [-0.15, -0.1) is 5.10 Å². The van der Waals surface area contributed by atoms with Crippen LogP contribution in [0.2, 0.25) is 0 Å². The van der Waals surface area contributed by atoms with Crippen LogP contribution >= 0.6 is 0 Å². The van der Waals surface area contributed by atoms with Crippen LogP contribution in [0.1, 0.15) is 27.2 Å². The number of hydrogen-bond donors (Lipinski definition) is 1. The van der Waals surface area contributed by atoms with Gasteiger partial charge in [-0.2, -0.15) is 8.42 Å². The minimum absolute atomic E-state index is 0.00947. The molecule has 1 aliphatic heterocycles. The van der Waals surface area contributed by atoms with Gasteiger partial charge in [0, 0.05) is 12.5 Å². The molecule has 1 atom stereocenters. The van der Waals surface area contributed by atoms with E-state index in [1.807, 2.05) is 13.8 Å². The molecule has 0 aliphatic carbocycles. The molecule has 0 aromatic rings. The first-order valence-corrected chi connectivity index (χ1v) is 7.07. The first-order chi connectivity index (χ1) is 7.69. The predicted molar refractivity (Wildman–Crippen MR) is 62.9 cm³/mol. The highest BCUT2D eigenvalue weighted by molar-refractivity contribution is 7.86. The molecule has 0 saturated carbocycles. The topological polar surface area (TPSA) is 88.1 Å². The summed E-state index contributed by atoms with van der Waals surface area (Å²) in [5.74, 6) is 0.0407. The van der Waals surface area contributed by atoms with Crippen molar-refractivity contribution in [3.05, 3.63) is 0 Å². The van der Waals surface area contributed by atoms with E-state index in [2.05, 4.69) is 14.6 Å². The Labute approximate surface area is 101 Å². The first-order valence-electron chi connectivity index (χ1n) is 5.25. The first kappa shape index (κ1) is 13.8. The third kappa shape index (κ3) is 4.22. The van der Waals surface area contributed by atoms with Crippen molar-refractivity contribution in [1.82, 2.24) is 10.3 Å². The fourth-order valence-corrected chi connectivity index (χ4v) is 1.83. The van der Waals surface area contributed by atoms with Crippen molar-refractivity contribution in [2.45, 2.75) is 39.3 Å². The Bertz CT molecular complexity index is 430. The minimum atomic E-state index is -3.59. The monoisotopic (exact) mass is 263 g/mol. The van der Waals surface area contributed by atoms with Gasteiger partial charge in [0.25, 0.3) is 0 Å². The molecule has 8 heteroatoms. The van der Waals surface area contributed by atoms with Crippen LogP contribution in [0, 0.1) is 0 Å². The fourth-order valence-electron chi connectivity index (χ4n) is 1.38. The van der Waals surface area contributed by atoms with Gasteiger partial charge in [-0.3, -0.25) is 0 Å². The lowest BCUT2D eigenvalue weighted by molar-refractivity contribution is 0.187. The van der Waals surface area contributed by atoms with Gasteiger partial charge in [0.05, 0.1) is 12.3 Å². The second-order valence-electron chi connectivity index (χ2n) is 4.28. The molecule has 1 unspecified atom stereocenters. The molecule has 1 heterocycles. The van der Waals surface area contributed by atoms with Crippen LogP contribution in [-0.2, 0) is 14.3 Å². The van der Waals surface area contributed by atoms with Crippen molar-refractivity contribution in [2.75, 3.05) is 6.26 Å². The van der Waals surface area contributed by atoms with Gasteiger partial charge >= 0.3 is 16.1 Å². The molecule has 0 bridgehead atoms. The van der Waals surface area contributed by atoms with E-state index in [0.29, 0.717) is 6.42 Å². The number of carbonyl (C=O) groups excluding carboxylic acids is 1. The van der Waals surface area contributed by atoms with Crippen molar-refractivity contribution >= 4 is 22.0 Å². The largest absolute Gasteiger partial charge is 0.365 e. The van der Waals surface area contributed by atoms with E-state index >= 15 is 0 Å². The van der Waals surface area contributed by atoms with Crippen molar-refractivity contribution in [1.29, 1.82) is 0 Å². The minimum Gasteiger partial charge on any atom is -0.365 e. The Morgan fingerprint density at radius 2 is 2.18 bits per heavy atom. The normalized spacial score (nSPS) is 20.4. The number of nitrogens with zero attached hydrogens (tertiary/aromatic N) is 2. The van der Waals surface area contributed by atoms with Gasteiger partial charge in [0.15, 0.2) is 0 Å². The van der Waals surface area contributed by atoms with E-state index in [1.165, 1.54) is 5.01 Å². The summed E-state index contributed by atoms with van der Waals surface area (Å²) in [5, 5.41) is 7.71. The molecule has 98 valence electrons. The average Bonchev–Trinajstić information content (AvgIpc) is 2.41. The van der Waals surface area contributed by atoms with Crippen molar-refractivity contribution in [3.63, 3.8) is 0 Å². The average molecular weight is 263 g/mol. The smallest absolute Gasteiger partial charge is 0.338 e.